The molecule has 0 bridgehead atoms. The maximum atomic E-state index is 13.5. The molecule has 2 aliphatic heterocycles. The summed E-state index contributed by atoms with van der Waals surface area (Å²) in [7, 11) is 1.33. The van der Waals surface area contributed by atoms with E-state index in [1.54, 1.807) is 6.08 Å². The van der Waals surface area contributed by atoms with Gasteiger partial charge in [0, 0.05) is 45.8 Å². The van der Waals surface area contributed by atoms with Crippen molar-refractivity contribution in [1.29, 1.82) is 0 Å². The van der Waals surface area contributed by atoms with E-state index in [1.807, 2.05) is 55.5 Å². The van der Waals surface area contributed by atoms with Gasteiger partial charge in [0.1, 0.15) is 11.3 Å². The van der Waals surface area contributed by atoms with Gasteiger partial charge in [-0.2, -0.15) is 0 Å². The molecule has 0 unspecified atom stereocenters. The zero-order valence-electron chi connectivity index (χ0n) is 26.0. The number of amides is 1. The second-order valence-corrected chi connectivity index (χ2v) is 12.5. The molecule has 2 N–H and O–H groups in total. The van der Waals surface area contributed by atoms with Crippen LogP contribution in [-0.2, 0) is 22.4 Å². The number of carbonyl (C=O) groups excluding carboxylic acids is 2. The standard InChI is InChI=1S/C36H37N3O5/c1-7-43-29-18-24-19-35(2,3)39-32(31(24)25-20-36(4,5)44-33(25)29)23-13-12-21(14-15-30(40)42-6)27(17-23)38-34(41)28-16-22-10-8-9-11-26(22)37-28/h8-18,37H,7,19-20H2,1-6H3,(H,38,41). The molecule has 4 aromatic rings. The molecule has 0 spiro atoms. The highest BCUT2D eigenvalue weighted by molar-refractivity contribution is 6.17. The number of nitrogens with zero attached hydrogens (tertiary/aromatic N) is 1. The summed E-state index contributed by atoms with van der Waals surface area (Å²) in [5.41, 5.74) is 6.72. The van der Waals surface area contributed by atoms with E-state index in [4.69, 9.17) is 19.2 Å². The number of anilines is 1. The molecule has 0 saturated carbocycles. The summed E-state index contributed by atoms with van der Waals surface area (Å²) in [5, 5.41) is 4.01. The topological polar surface area (TPSA) is 102 Å². The third kappa shape index (κ3) is 5.60. The molecule has 3 aromatic carbocycles. The van der Waals surface area contributed by atoms with Crippen molar-refractivity contribution in [1.82, 2.24) is 4.98 Å². The first-order chi connectivity index (χ1) is 21.0. The van der Waals surface area contributed by atoms with Crippen LogP contribution in [0.3, 0.4) is 0 Å². The minimum Gasteiger partial charge on any atom is -0.490 e. The predicted molar refractivity (Wildman–Crippen MR) is 173 cm³/mol. The van der Waals surface area contributed by atoms with Gasteiger partial charge in [0.15, 0.2) is 11.5 Å². The number of hydrogen-bond acceptors (Lipinski definition) is 6. The zero-order valence-corrected chi connectivity index (χ0v) is 26.0. The number of aromatic nitrogens is 1. The quantitative estimate of drug-likeness (QED) is 0.180. The van der Waals surface area contributed by atoms with Crippen LogP contribution < -0.4 is 14.8 Å². The SMILES string of the molecule is CCOc1cc2c(c3c1OC(C)(C)C3)C(c1ccc(C=CC(=O)OC)c(NC(=O)c3cc4ccccc4[nH]3)c1)=NC(C)(C)C2. The van der Waals surface area contributed by atoms with Gasteiger partial charge in [-0.15, -0.1) is 0 Å². The number of ether oxygens (including phenoxy) is 3. The number of carbonyl (C=O) groups is 2. The first kappa shape index (κ1) is 29.2. The monoisotopic (exact) mass is 591 g/mol. The zero-order chi connectivity index (χ0) is 31.2. The number of nitrogens with one attached hydrogen (secondary N) is 2. The molecule has 3 heterocycles. The van der Waals surface area contributed by atoms with E-state index in [9.17, 15) is 9.59 Å². The first-order valence-corrected chi connectivity index (χ1v) is 14.9. The van der Waals surface area contributed by atoms with E-state index in [-0.39, 0.29) is 17.0 Å². The van der Waals surface area contributed by atoms with Gasteiger partial charge in [-0.05, 0) is 82.5 Å². The van der Waals surface area contributed by atoms with Gasteiger partial charge in [-0.1, -0.05) is 30.3 Å². The van der Waals surface area contributed by atoms with Gasteiger partial charge in [-0.25, -0.2) is 4.79 Å². The summed E-state index contributed by atoms with van der Waals surface area (Å²) in [6.07, 6.45) is 4.45. The lowest BCUT2D eigenvalue weighted by atomic mass is 9.80. The lowest BCUT2D eigenvalue weighted by molar-refractivity contribution is -0.134. The molecule has 226 valence electrons. The summed E-state index contributed by atoms with van der Waals surface area (Å²) in [4.78, 5) is 33.9. The smallest absolute Gasteiger partial charge is 0.330 e. The normalized spacial score (nSPS) is 16.2. The minimum absolute atomic E-state index is 0.297. The van der Waals surface area contributed by atoms with Crippen LogP contribution >= 0.6 is 0 Å². The molecule has 6 rings (SSSR count). The Hall–Kier alpha value is -4.85. The van der Waals surface area contributed by atoms with E-state index in [0.29, 0.717) is 23.6 Å². The van der Waals surface area contributed by atoms with Crippen molar-refractivity contribution >= 4 is 40.3 Å². The molecule has 0 radical (unpaired) electrons. The molecular formula is C36H37N3O5. The average molecular weight is 592 g/mol. The highest BCUT2D eigenvalue weighted by Crippen LogP contribution is 2.48. The molecular weight excluding hydrogens is 554 g/mol. The van der Waals surface area contributed by atoms with Gasteiger partial charge in [-0.3, -0.25) is 9.79 Å². The molecule has 44 heavy (non-hydrogen) atoms. The van der Waals surface area contributed by atoms with Crippen LogP contribution in [0.25, 0.3) is 17.0 Å². The predicted octanol–water partition coefficient (Wildman–Crippen LogP) is 6.89. The largest absolute Gasteiger partial charge is 0.490 e. The van der Waals surface area contributed by atoms with Crippen LogP contribution in [0.1, 0.15) is 72.9 Å². The highest BCUT2D eigenvalue weighted by atomic mass is 16.5. The number of para-hydroxylation sites is 1. The highest BCUT2D eigenvalue weighted by Gasteiger charge is 2.40. The fraction of sp³-hybridized carbons (Fsp3) is 0.306. The van der Waals surface area contributed by atoms with Gasteiger partial charge in [0.25, 0.3) is 5.91 Å². The fourth-order valence-corrected chi connectivity index (χ4v) is 6.11. The van der Waals surface area contributed by atoms with Crippen molar-refractivity contribution in [2.24, 2.45) is 4.99 Å². The molecule has 8 heteroatoms. The number of fused-ring (bicyclic) bond motifs is 4. The van der Waals surface area contributed by atoms with Gasteiger partial charge < -0.3 is 24.5 Å². The summed E-state index contributed by atoms with van der Waals surface area (Å²) in [6, 6.07) is 17.4. The average Bonchev–Trinajstić information content (AvgIpc) is 3.56. The van der Waals surface area contributed by atoms with Crippen molar-refractivity contribution in [2.75, 3.05) is 19.0 Å². The second kappa shape index (κ2) is 11.0. The Morgan fingerprint density at radius 1 is 1.07 bits per heavy atom. The molecule has 0 fully saturated rings. The van der Waals surface area contributed by atoms with E-state index < -0.39 is 5.97 Å². The Labute approximate surface area is 257 Å². The molecule has 8 nitrogen and oxygen atoms in total. The Kier molecular flexibility index (Phi) is 7.32. The summed E-state index contributed by atoms with van der Waals surface area (Å²) >= 11 is 0. The Morgan fingerprint density at radius 2 is 1.86 bits per heavy atom. The Balaban J connectivity index is 1.47. The molecule has 0 aliphatic carbocycles. The summed E-state index contributed by atoms with van der Waals surface area (Å²) in [6.45, 7) is 10.9. The summed E-state index contributed by atoms with van der Waals surface area (Å²) < 4.78 is 17.3. The van der Waals surface area contributed by atoms with Crippen molar-refractivity contribution in [3.63, 3.8) is 0 Å². The van der Waals surface area contributed by atoms with Crippen LogP contribution in [0.2, 0.25) is 0 Å². The lowest BCUT2D eigenvalue weighted by Crippen LogP contribution is -2.30. The van der Waals surface area contributed by atoms with Crippen LogP contribution in [0.4, 0.5) is 5.69 Å². The maximum Gasteiger partial charge on any atom is 0.330 e. The number of hydrogen-bond donors (Lipinski definition) is 2. The number of esters is 1. The lowest BCUT2D eigenvalue weighted by Gasteiger charge is -2.31. The van der Waals surface area contributed by atoms with Gasteiger partial charge in [0.05, 0.1) is 25.0 Å². The minimum atomic E-state index is -0.488. The van der Waals surface area contributed by atoms with Crippen molar-refractivity contribution < 1.29 is 23.8 Å². The fourth-order valence-electron chi connectivity index (χ4n) is 6.11. The first-order valence-electron chi connectivity index (χ1n) is 14.9. The van der Waals surface area contributed by atoms with Gasteiger partial charge >= 0.3 is 5.97 Å². The van der Waals surface area contributed by atoms with E-state index in [0.717, 1.165) is 63.2 Å². The molecule has 0 atom stereocenters. The van der Waals surface area contributed by atoms with E-state index in [1.165, 1.54) is 13.2 Å². The summed E-state index contributed by atoms with van der Waals surface area (Å²) in [5.74, 6) is 0.749. The van der Waals surface area contributed by atoms with Crippen LogP contribution in [-0.4, -0.2) is 47.4 Å². The molecule has 1 aromatic heterocycles. The third-order valence-corrected chi connectivity index (χ3v) is 7.93. The second-order valence-electron chi connectivity index (χ2n) is 12.5. The van der Waals surface area contributed by atoms with Crippen LogP contribution in [0, 0.1) is 0 Å². The number of aromatic amines is 1. The van der Waals surface area contributed by atoms with Crippen molar-refractivity contribution in [3.05, 3.63) is 94.2 Å². The number of benzene rings is 3. The molecule has 0 saturated heterocycles. The molecule has 1 amide bonds. The Bertz CT molecular complexity index is 1830. The Morgan fingerprint density at radius 3 is 2.61 bits per heavy atom. The van der Waals surface area contributed by atoms with E-state index >= 15 is 0 Å². The number of rotatable bonds is 7. The van der Waals surface area contributed by atoms with Crippen molar-refractivity contribution in [3.8, 4) is 11.5 Å². The van der Waals surface area contributed by atoms with E-state index in [2.05, 4.69) is 44.1 Å². The number of H-pyrrole nitrogens is 1. The third-order valence-electron chi connectivity index (χ3n) is 7.93. The van der Waals surface area contributed by atoms with Crippen molar-refractivity contribution in [2.45, 2.75) is 58.6 Å². The maximum absolute atomic E-state index is 13.5. The van der Waals surface area contributed by atoms with Gasteiger partial charge in [0.2, 0.25) is 0 Å². The molecule has 2 aliphatic rings. The van der Waals surface area contributed by atoms with Crippen LogP contribution in [0.15, 0.2) is 65.7 Å². The van der Waals surface area contributed by atoms with Crippen LogP contribution in [0.5, 0.6) is 11.5 Å². The number of aliphatic imine (C=N–C) groups is 1. The number of methoxy groups -OCH3 is 1.